The second kappa shape index (κ2) is 6.27. The maximum Gasteiger partial charge on any atom is 0.344 e. The van der Waals surface area contributed by atoms with Crippen LogP contribution >= 0.6 is 0 Å². The van der Waals surface area contributed by atoms with E-state index in [1.54, 1.807) is 5.01 Å². The van der Waals surface area contributed by atoms with Crippen LogP contribution in [0.3, 0.4) is 0 Å². The van der Waals surface area contributed by atoms with Crippen molar-refractivity contribution in [2.75, 3.05) is 19.6 Å². The Morgan fingerprint density at radius 2 is 2.00 bits per heavy atom. The van der Waals surface area contributed by atoms with E-state index in [0.717, 1.165) is 0 Å². The summed E-state index contributed by atoms with van der Waals surface area (Å²) in [6, 6.07) is -2.17. The van der Waals surface area contributed by atoms with Gasteiger partial charge in [-0.1, -0.05) is 13.8 Å². The van der Waals surface area contributed by atoms with Gasteiger partial charge in [0.25, 0.3) is 5.91 Å². The molecule has 21 heavy (non-hydrogen) atoms. The fraction of sp³-hybridized carbons (Fsp3) is 0.750. The SMILES string of the molecule is CCN(CC)NC(=O)NC(=O)[C@@H]1CC[C@@H]2CN1C(=O)N2O. The molecule has 2 fully saturated rings. The molecule has 0 aromatic rings. The third-order valence-corrected chi connectivity index (χ3v) is 3.91. The van der Waals surface area contributed by atoms with E-state index in [1.165, 1.54) is 4.90 Å². The minimum absolute atomic E-state index is 0.258. The zero-order valence-corrected chi connectivity index (χ0v) is 12.2. The summed E-state index contributed by atoms with van der Waals surface area (Å²) in [6.45, 7) is 5.31. The smallest absolute Gasteiger partial charge is 0.309 e. The first-order chi connectivity index (χ1) is 9.97. The molecular formula is C12H21N5O4. The van der Waals surface area contributed by atoms with Crippen LogP contribution in [-0.4, -0.2) is 69.9 Å². The van der Waals surface area contributed by atoms with E-state index in [1.807, 2.05) is 13.8 Å². The van der Waals surface area contributed by atoms with Gasteiger partial charge >= 0.3 is 12.1 Å². The van der Waals surface area contributed by atoms with Crippen LogP contribution in [0.2, 0.25) is 0 Å². The number of amides is 5. The van der Waals surface area contributed by atoms with E-state index in [2.05, 4.69) is 10.7 Å². The van der Waals surface area contributed by atoms with Crippen LogP contribution in [0.15, 0.2) is 0 Å². The number of hydrazine groups is 1. The van der Waals surface area contributed by atoms with Crippen LogP contribution in [0.25, 0.3) is 0 Å². The highest BCUT2D eigenvalue weighted by molar-refractivity contribution is 5.98. The summed E-state index contributed by atoms with van der Waals surface area (Å²) < 4.78 is 0. The fourth-order valence-electron chi connectivity index (χ4n) is 2.67. The summed E-state index contributed by atoms with van der Waals surface area (Å²) in [5, 5.41) is 14.1. The Labute approximate surface area is 122 Å². The summed E-state index contributed by atoms with van der Waals surface area (Å²) in [4.78, 5) is 36.9. The predicted octanol–water partition coefficient (Wildman–Crippen LogP) is -0.273. The second-order valence-electron chi connectivity index (χ2n) is 5.13. The van der Waals surface area contributed by atoms with Gasteiger partial charge in [0.15, 0.2) is 0 Å². The van der Waals surface area contributed by atoms with Crippen LogP contribution in [0.1, 0.15) is 26.7 Å². The number of hydrogen-bond donors (Lipinski definition) is 3. The van der Waals surface area contributed by atoms with Gasteiger partial charge in [-0.05, 0) is 12.8 Å². The van der Waals surface area contributed by atoms with Gasteiger partial charge in [-0.3, -0.25) is 20.7 Å². The van der Waals surface area contributed by atoms with E-state index < -0.39 is 24.0 Å². The molecule has 9 heteroatoms. The van der Waals surface area contributed by atoms with Gasteiger partial charge < -0.3 is 4.90 Å². The lowest BCUT2D eigenvalue weighted by Gasteiger charge is -2.29. The molecule has 2 aliphatic rings. The molecule has 0 spiro atoms. The van der Waals surface area contributed by atoms with Crippen molar-refractivity contribution >= 4 is 18.0 Å². The summed E-state index contributed by atoms with van der Waals surface area (Å²) in [5.74, 6) is -0.526. The third-order valence-electron chi connectivity index (χ3n) is 3.91. The monoisotopic (exact) mass is 299 g/mol. The molecule has 9 nitrogen and oxygen atoms in total. The van der Waals surface area contributed by atoms with Crippen molar-refractivity contribution in [1.29, 1.82) is 0 Å². The number of piperidine rings is 1. The topological polar surface area (TPSA) is 105 Å². The molecule has 2 rings (SSSR count). The van der Waals surface area contributed by atoms with Crippen LogP contribution in [0.4, 0.5) is 9.59 Å². The molecule has 0 aliphatic carbocycles. The van der Waals surface area contributed by atoms with Crippen LogP contribution in [-0.2, 0) is 4.79 Å². The summed E-state index contributed by atoms with van der Waals surface area (Å²) in [7, 11) is 0. The fourth-order valence-corrected chi connectivity index (χ4v) is 2.67. The van der Waals surface area contributed by atoms with Crippen molar-refractivity contribution in [2.24, 2.45) is 0 Å². The minimum Gasteiger partial charge on any atom is -0.309 e. The average molecular weight is 299 g/mol. The highest BCUT2D eigenvalue weighted by Gasteiger charge is 2.46. The average Bonchev–Trinajstić information content (AvgIpc) is 2.69. The van der Waals surface area contributed by atoms with Crippen molar-refractivity contribution in [3.63, 3.8) is 0 Å². The largest absolute Gasteiger partial charge is 0.344 e. The predicted molar refractivity (Wildman–Crippen MR) is 72.1 cm³/mol. The van der Waals surface area contributed by atoms with Gasteiger partial charge in [0, 0.05) is 19.6 Å². The first-order valence-corrected chi connectivity index (χ1v) is 7.13. The van der Waals surface area contributed by atoms with Gasteiger partial charge in [-0.15, -0.1) is 0 Å². The number of hydrogen-bond acceptors (Lipinski definition) is 5. The number of nitrogens with zero attached hydrogens (tertiary/aromatic N) is 3. The van der Waals surface area contributed by atoms with Crippen molar-refractivity contribution in [1.82, 2.24) is 25.7 Å². The van der Waals surface area contributed by atoms with E-state index >= 15 is 0 Å². The summed E-state index contributed by atoms with van der Waals surface area (Å²) >= 11 is 0. The standard InChI is InChI=1S/C12H21N5O4/c1-3-15(4-2)14-11(19)13-10(18)9-6-5-8-7-16(9)12(20)17(8)21/h8-9,21H,3-7H2,1-2H3,(H2,13,14,18,19)/t8-,9+/m1/s1. The molecule has 0 aromatic heterocycles. The maximum atomic E-state index is 12.1. The number of rotatable bonds is 4. The lowest BCUT2D eigenvalue weighted by molar-refractivity contribution is -0.125. The van der Waals surface area contributed by atoms with Crippen LogP contribution in [0, 0.1) is 0 Å². The normalized spacial score (nSPS) is 24.5. The van der Waals surface area contributed by atoms with Crippen molar-refractivity contribution in [3.05, 3.63) is 0 Å². The Kier molecular flexibility index (Phi) is 4.63. The number of nitrogens with one attached hydrogen (secondary N) is 2. The molecule has 0 unspecified atom stereocenters. The Morgan fingerprint density at radius 3 is 2.62 bits per heavy atom. The Morgan fingerprint density at radius 1 is 1.33 bits per heavy atom. The van der Waals surface area contributed by atoms with E-state index in [0.29, 0.717) is 37.5 Å². The zero-order valence-electron chi connectivity index (χ0n) is 12.2. The molecule has 3 N–H and O–H groups in total. The second-order valence-corrected chi connectivity index (χ2v) is 5.13. The zero-order chi connectivity index (χ0) is 15.6. The Balaban J connectivity index is 1.92. The molecule has 2 saturated heterocycles. The molecule has 2 bridgehead atoms. The maximum absolute atomic E-state index is 12.1. The highest BCUT2D eigenvalue weighted by atomic mass is 16.5. The van der Waals surface area contributed by atoms with Crippen molar-refractivity contribution < 1.29 is 19.6 Å². The van der Waals surface area contributed by atoms with Crippen LogP contribution < -0.4 is 10.7 Å². The van der Waals surface area contributed by atoms with Gasteiger partial charge in [0.05, 0.1) is 6.04 Å². The first-order valence-electron chi connectivity index (χ1n) is 7.13. The molecular weight excluding hydrogens is 278 g/mol. The van der Waals surface area contributed by atoms with E-state index in [-0.39, 0.29) is 6.04 Å². The molecule has 0 saturated carbocycles. The van der Waals surface area contributed by atoms with Gasteiger partial charge in [-0.2, -0.15) is 0 Å². The van der Waals surface area contributed by atoms with Crippen LogP contribution in [0.5, 0.6) is 0 Å². The van der Waals surface area contributed by atoms with Gasteiger partial charge in [-0.25, -0.2) is 19.7 Å². The lowest BCUT2D eigenvalue weighted by Crippen LogP contribution is -2.55. The molecule has 2 aliphatic heterocycles. The lowest BCUT2D eigenvalue weighted by atomic mass is 10.0. The first kappa shape index (κ1) is 15.5. The summed E-state index contributed by atoms with van der Waals surface area (Å²) in [5.41, 5.74) is 2.55. The molecule has 5 amide bonds. The molecule has 0 aromatic carbocycles. The number of imide groups is 1. The molecule has 0 radical (unpaired) electrons. The number of carbonyl (C=O) groups is 3. The highest BCUT2D eigenvalue weighted by Crippen LogP contribution is 2.28. The molecule has 118 valence electrons. The third kappa shape index (κ3) is 3.08. The van der Waals surface area contributed by atoms with Gasteiger partial charge in [0.2, 0.25) is 0 Å². The number of carbonyl (C=O) groups excluding carboxylic acids is 3. The van der Waals surface area contributed by atoms with Crippen molar-refractivity contribution in [2.45, 2.75) is 38.8 Å². The van der Waals surface area contributed by atoms with E-state index in [4.69, 9.17) is 0 Å². The van der Waals surface area contributed by atoms with Crippen molar-refractivity contribution in [3.8, 4) is 0 Å². The quantitative estimate of drug-likeness (QED) is 0.489. The minimum atomic E-state index is -0.714. The molecule has 2 atom stereocenters. The van der Waals surface area contributed by atoms with Gasteiger partial charge in [0.1, 0.15) is 6.04 Å². The number of urea groups is 2. The van der Waals surface area contributed by atoms with E-state index in [9.17, 15) is 19.6 Å². The molecule has 2 heterocycles. The number of fused-ring (bicyclic) bond motifs is 2. The number of hydroxylamine groups is 2. The Hall–Kier alpha value is -1.87. The Bertz CT molecular complexity index is 439. The summed E-state index contributed by atoms with van der Waals surface area (Å²) in [6.07, 6.45) is 0.965.